The molecular weight excluding hydrogens is 294 g/mol. The number of thioether (sulfide) groups is 1. The van der Waals surface area contributed by atoms with E-state index in [1.807, 2.05) is 31.2 Å². The van der Waals surface area contributed by atoms with E-state index in [1.54, 1.807) is 18.9 Å². The molecule has 1 atom stereocenters. The highest BCUT2D eigenvalue weighted by Crippen LogP contribution is 2.26. The van der Waals surface area contributed by atoms with E-state index in [-0.39, 0.29) is 11.2 Å². The van der Waals surface area contributed by atoms with E-state index in [0.29, 0.717) is 0 Å². The Hall–Kier alpha value is -1.42. The van der Waals surface area contributed by atoms with E-state index in [4.69, 9.17) is 4.74 Å². The minimum absolute atomic E-state index is 0.101. The average Bonchev–Trinajstić information content (AvgIpc) is 2.56. The van der Waals surface area contributed by atoms with Crippen molar-refractivity contribution in [1.82, 2.24) is 5.32 Å². The lowest BCUT2D eigenvalue weighted by atomic mass is 9.97. The molecule has 2 rings (SSSR count). The van der Waals surface area contributed by atoms with Crippen molar-refractivity contribution in [2.75, 3.05) is 13.7 Å². The summed E-state index contributed by atoms with van der Waals surface area (Å²) in [5.74, 6) is 0.922. The molecule has 0 saturated carbocycles. The van der Waals surface area contributed by atoms with Crippen molar-refractivity contribution < 1.29 is 9.53 Å². The molecule has 1 aromatic carbocycles. The van der Waals surface area contributed by atoms with Crippen LogP contribution < -0.4 is 10.1 Å². The largest absolute Gasteiger partial charge is 0.497 e. The molecule has 1 N–H and O–H groups in total. The van der Waals surface area contributed by atoms with Crippen LogP contribution in [-0.2, 0) is 4.79 Å². The second kappa shape index (κ2) is 8.89. The highest BCUT2D eigenvalue weighted by Gasteiger charge is 2.14. The van der Waals surface area contributed by atoms with E-state index < -0.39 is 0 Å². The van der Waals surface area contributed by atoms with Crippen molar-refractivity contribution in [2.24, 2.45) is 0 Å². The van der Waals surface area contributed by atoms with Crippen LogP contribution in [0.5, 0.6) is 5.75 Å². The number of methoxy groups -OCH3 is 1. The van der Waals surface area contributed by atoms with Crippen LogP contribution in [0.1, 0.15) is 39.0 Å². The topological polar surface area (TPSA) is 38.3 Å². The van der Waals surface area contributed by atoms with Gasteiger partial charge in [-0.15, -0.1) is 11.8 Å². The zero-order valence-corrected chi connectivity index (χ0v) is 14.2. The molecule has 0 fully saturated rings. The van der Waals surface area contributed by atoms with Gasteiger partial charge in [-0.25, -0.2) is 0 Å². The molecule has 1 amide bonds. The third kappa shape index (κ3) is 5.41. The number of rotatable bonds is 7. The fourth-order valence-corrected chi connectivity index (χ4v) is 3.49. The highest BCUT2D eigenvalue weighted by molar-refractivity contribution is 8.00. The lowest BCUT2D eigenvalue weighted by Crippen LogP contribution is -2.31. The summed E-state index contributed by atoms with van der Waals surface area (Å²) in [6.45, 7) is 2.69. The second-order valence-electron chi connectivity index (χ2n) is 5.59. The van der Waals surface area contributed by atoms with Gasteiger partial charge in [0.2, 0.25) is 5.91 Å². The SMILES string of the molecule is COc1cccc(S[C@@H](C)C(=O)NCCC2=CCCCC2)c1. The van der Waals surface area contributed by atoms with Crippen LogP contribution in [0.2, 0.25) is 0 Å². The number of amides is 1. The van der Waals surface area contributed by atoms with Gasteiger partial charge in [0.1, 0.15) is 5.75 Å². The molecule has 0 aromatic heterocycles. The van der Waals surface area contributed by atoms with Gasteiger partial charge in [-0.05, 0) is 57.2 Å². The van der Waals surface area contributed by atoms with Crippen LogP contribution in [0.4, 0.5) is 0 Å². The third-order valence-corrected chi connectivity index (χ3v) is 4.95. The Balaban J connectivity index is 1.75. The van der Waals surface area contributed by atoms with E-state index in [0.717, 1.165) is 23.6 Å². The molecule has 4 heteroatoms. The minimum Gasteiger partial charge on any atom is -0.497 e. The Morgan fingerprint density at radius 1 is 1.41 bits per heavy atom. The van der Waals surface area contributed by atoms with Gasteiger partial charge < -0.3 is 10.1 Å². The number of hydrogen-bond acceptors (Lipinski definition) is 3. The molecule has 0 spiro atoms. The van der Waals surface area contributed by atoms with Gasteiger partial charge in [-0.3, -0.25) is 4.79 Å². The fraction of sp³-hybridized carbons (Fsp3) is 0.500. The summed E-state index contributed by atoms with van der Waals surface area (Å²) < 4.78 is 5.21. The number of hydrogen-bond donors (Lipinski definition) is 1. The zero-order valence-electron chi connectivity index (χ0n) is 13.4. The zero-order chi connectivity index (χ0) is 15.8. The number of carbonyl (C=O) groups excluding carboxylic acids is 1. The molecule has 0 saturated heterocycles. The number of allylic oxidation sites excluding steroid dienone is 1. The van der Waals surface area contributed by atoms with Crippen LogP contribution in [0.25, 0.3) is 0 Å². The van der Waals surface area contributed by atoms with Crippen molar-refractivity contribution in [3.8, 4) is 5.75 Å². The lowest BCUT2D eigenvalue weighted by molar-refractivity contribution is -0.120. The van der Waals surface area contributed by atoms with Gasteiger partial charge in [0.15, 0.2) is 0 Å². The number of benzene rings is 1. The maximum Gasteiger partial charge on any atom is 0.233 e. The van der Waals surface area contributed by atoms with E-state index in [2.05, 4.69) is 11.4 Å². The predicted octanol–water partition coefficient (Wildman–Crippen LogP) is 4.18. The maximum absolute atomic E-state index is 12.2. The van der Waals surface area contributed by atoms with Gasteiger partial charge in [-0.1, -0.05) is 17.7 Å². The normalized spacial score (nSPS) is 15.8. The molecular formula is C18H25NO2S. The van der Waals surface area contributed by atoms with E-state index in [9.17, 15) is 4.79 Å². The number of nitrogens with one attached hydrogen (secondary N) is 1. The first-order chi connectivity index (χ1) is 10.7. The van der Waals surface area contributed by atoms with Gasteiger partial charge >= 0.3 is 0 Å². The van der Waals surface area contributed by atoms with Crippen molar-refractivity contribution >= 4 is 17.7 Å². The van der Waals surface area contributed by atoms with Gasteiger partial charge in [-0.2, -0.15) is 0 Å². The van der Waals surface area contributed by atoms with E-state index >= 15 is 0 Å². The molecule has 120 valence electrons. The van der Waals surface area contributed by atoms with Crippen LogP contribution in [-0.4, -0.2) is 24.8 Å². The smallest absolute Gasteiger partial charge is 0.233 e. The van der Waals surface area contributed by atoms with Crippen LogP contribution in [0.3, 0.4) is 0 Å². The Morgan fingerprint density at radius 2 is 2.27 bits per heavy atom. The molecule has 1 aromatic rings. The summed E-state index contributed by atoms with van der Waals surface area (Å²) >= 11 is 1.56. The molecule has 0 aliphatic heterocycles. The van der Waals surface area contributed by atoms with Gasteiger partial charge in [0.25, 0.3) is 0 Å². The third-order valence-electron chi connectivity index (χ3n) is 3.85. The molecule has 3 nitrogen and oxygen atoms in total. The first kappa shape index (κ1) is 16.9. The minimum atomic E-state index is -0.104. The average molecular weight is 319 g/mol. The number of ether oxygens (including phenoxy) is 1. The summed E-state index contributed by atoms with van der Waals surface area (Å²) in [5, 5.41) is 2.94. The van der Waals surface area contributed by atoms with Crippen LogP contribution >= 0.6 is 11.8 Å². The highest BCUT2D eigenvalue weighted by atomic mass is 32.2. The molecule has 1 aliphatic rings. The molecule has 1 aliphatic carbocycles. The fourth-order valence-electron chi connectivity index (χ4n) is 2.55. The van der Waals surface area contributed by atoms with Gasteiger partial charge in [0.05, 0.1) is 12.4 Å². The van der Waals surface area contributed by atoms with Crippen molar-refractivity contribution in [3.63, 3.8) is 0 Å². The lowest BCUT2D eigenvalue weighted by Gasteiger charge is -2.15. The first-order valence-corrected chi connectivity index (χ1v) is 8.83. The summed E-state index contributed by atoms with van der Waals surface area (Å²) in [6, 6.07) is 7.82. The molecule has 0 radical (unpaired) electrons. The molecule has 0 bridgehead atoms. The standard InChI is InChI=1S/C18H25NO2S/c1-14(22-17-10-6-9-16(13-17)21-2)18(20)19-12-11-15-7-4-3-5-8-15/h6-7,9-10,13-14H,3-5,8,11-12H2,1-2H3,(H,19,20)/t14-/m0/s1. The predicted molar refractivity (Wildman–Crippen MR) is 92.5 cm³/mol. The molecule has 0 heterocycles. The van der Waals surface area contributed by atoms with Crippen molar-refractivity contribution in [2.45, 2.75) is 49.2 Å². The van der Waals surface area contributed by atoms with Crippen LogP contribution in [0, 0.1) is 0 Å². The molecule has 0 unspecified atom stereocenters. The quantitative estimate of drug-likeness (QED) is 0.605. The summed E-state index contributed by atoms with van der Waals surface area (Å²) in [6.07, 6.45) is 8.33. The van der Waals surface area contributed by atoms with E-state index in [1.165, 1.54) is 31.3 Å². The summed E-state index contributed by atoms with van der Waals surface area (Å²) in [4.78, 5) is 13.2. The second-order valence-corrected chi connectivity index (χ2v) is 7.00. The maximum atomic E-state index is 12.2. The van der Waals surface area contributed by atoms with Crippen molar-refractivity contribution in [1.29, 1.82) is 0 Å². The summed E-state index contributed by atoms with van der Waals surface area (Å²) in [7, 11) is 1.65. The van der Waals surface area contributed by atoms with Crippen LogP contribution in [0.15, 0.2) is 40.8 Å². The Labute approximate surface area is 137 Å². The summed E-state index contributed by atoms with van der Waals surface area (Å²) in [5.41, 5.74) is 1.50. The number of carbonyl (C=O) groups is 1. The van der Waals surface area contributed by atoms with Crippen molar-refractivity contribution in [3.05, 3.63) is 35.9 Å². The monoisotopic (exact) mass is 319 g/mol. The Kier molecular flexibility index (Phi) is 6.84. The Bertz CT molecular complexity index is 528. The first-order valence-electron chi connectivity index (χ1n) is 7.95. The van der Waals surface area contributed by atoms with Gasteiger partial charge in [0, 0.05) is 11.4 Å². The molecule has 22 heavy (non-hydrogen) atoms. The Morgan fingerprint density at radius 3 is 3.00 bits per heavy atom.